The van der Waals surface area contributed by atoms with Gasteiger partial charge in [-0.3, -0.25) is 4.79 Å². The van der Waals surface area contributed by atoms with E-state index >= 15 is 0 Å². The number of nitrogens with two attached hydrogens (primary N) is 1. The summed E-state index contributed by atoms with van der Waals surface area (Å²) in [6.07, 6.45) is -0.822. The van der Waals surface area contributed by atoms with Crippen molar-refractivity contribution in [2.45, 2.75) is 37.5 Å². The molecule has 1 aliphatic carbocycles. The third-order valence-corrected chi connectivity index (χ3v) is 3.93. The van der Waals surface area contributed by atoms with Crippen molar-refractivity contribution in [3.8, 4) is 0 Å². The molecule has 2 N–H and O–H groups in total. The van der Waals surface area contributed by atoms with Crippen molar-refractivity contribution in [2.75, 3.05) is 12.3 Å². The predicted octanol–water partition coefficient (Wildman–Crippen LogP) is 3.54. The second-order valence-corrected chi connectivity index (χ2v) is 5.62. The minimum Gasteiger partial charge on any atom is -0.466 e. The van der Waals surface area contributed by atoms with E-state index < -0.39 is 17.3 Å². The van der Waals surface area contributed by atoms with Crippen LogP contribution in [0.25, 0.3) is 0 Å². The number of halogens is 3. The topological polar surface area (TPSA) is 52.3 Å². The minimum absolute atomic E-state index is 0.0719. The van der Waals surface area contributed by atoms with Crippen LogP contribution < -0.4 is 5.73 Å². The Morgan fingerprint density at radius 3 is 2.60 bits per heavy atom. The summed E-state index contributed by atoms with van der Waals surface area (Å²) in [5.41, 5.74) is 5.74. The van der Waals surface area contributed by atoms with Gasteiger partial charge in [-0.15, -0.1) is 0 Å². The van der Waals surface area contributed by atoms with Gasteiger partial charge in [0.1, 0.15) is 0 Å². The molecule has 1 aromatic carbocycles. The fourth-order valence-corrected chi connectivity index (χ4v) is 2.85. The lowest BCUT2D eigenvalue weighted by atomic mass is 9.60. The van der Waals surface area contributed by atoms with Gasteiger partial charge in [0.15, 0.2) is 0 Å². The summed E-state index contributed by atoms with van der Waals surface area (Å²) in [6, 6.07) is 4.78. The molecule has 1 fully saturated rings. The Labute approximate surface area is 121 Å². The molecule has 2 rings (SSSR count). The molecule has 0 unspecified atom stereocenters. The maximum atomic E-state index is 13.3. The molecule has 6 heteroatoms. The van der Waals surface area contributed by atoms with E-state index in [1.165, 1.54) is 0 Å². The van der Waals surface area contributed by atoms with Gasteiger partial charge in [-0.05, 0) is 24.6 Å². The Kier molecular flexibility index (Phi) is 3.91. The summed E-state index contributed by atoms with van der Waals surface area (Å²) < 4.78 is 31.5. The molecule has 20 heavy (non-hydrogen) atoms. The van der Waals surface area contributed by atoms with Gasteiger partial charge in [-0.1, -0.05) is 17.7 Å². The van der Waals surface area contributed by atoms with Crippen molar-refractivity contribution in [1.82, 2.24) is 0 Å². The minimum atomic E-state index is -2.75. The van der Waals surface area contributed by atoms with Gasteiger partial charge < -0.3 is 10.5 Å². The van der Waals surface area contributed by atoms with Crippen LogP contribution >= 0.6 is 11.6 Å². The fraction of sp³-hybridized carbons (Fsp3) is 0.500. The normalized spacial score (nSPS) is 19.2. The number of rotatable bonds is 4. The van der Waals surface area contributed by atoms with Crippen molar-refractivity contribution in [3.63, 3.8) is 0 Å². The Morgan fingerprint density at radius 2 is 2.10 bits per heavy atom. The lowest BCUT2D eigenvalue weighted by molar-refractivity contribution is -0.158. The molecule has 0 amide bonds. The molecule has 3 nitrogen and oxygen atoms in total. The average molecular weight is 304 g/mol. The Hall–Kier alpha value is -1.36. The van der Waals surface area contributed by atoms with Crippen molar-refractivity contribution in [2.24, 2.45) is 0 Å². The fourth-order valence-electron chi connectivity index (χ4n) is 2.73. The molecule has 1 aromatic rings. The smallest absolute Gasteiger partial charge is 0.306 e. The summed E-state index contributed by atoms with van der Waals surface area (Å²) in [6.45, 7) is 1.91. The number of carbonyl (C=O) groups excluding carboxylic acids is 1. The highest BCUT2D eigenvalue weighted by atomic mass is 35.5. The number of ether oxygens (including phenoxy) is 1. The van der Waals surface area contributed by atoms with Gasteiger partial charge >= 0.3 is 5.97 Å². The highest BCUT2D eigenvalue weighted by molar-refractivity contribution is 6.33. The summed E-state index contributed by atoms with van der Waals surface area (Å²) in [7, 11) is 0. The molecule has 1 saturated carbocycles. The average Bonchev–Trinajstić information content (AvgIpc) is 2.30. The number of hydrogen-bond donors (Lipinski definition) is 1. The van der Waals surface area contributed by atoms with E-state index in [4.69, 9.17) is 22.1 Å². The molecule has 0 bridgehead atoms. The van der Waals surface area contributed by atoms with Gasteiger partial charge in [-0.2, -0.15) is 0 Å². The summed E-state index contributed by atoms with van der Waals surface area (Å²) in [5, 5.41) is 0.367. The standard InChI is InChI=1S/C14H16ClF2NO2/c1-2-20-12(19)6-13(7-14(16,17)8-13)9-3-4-10(15)11(18)5-9/h3-5H,2,6-8,18H2,1H3. The molecule has 0 saturated heterocycles. The van der Waals surface area contributed by atoms with E-state index in [2.05, 4.69) is 0 Å². The van der Waals surface area contributed by atoms with Crippen LogP contribution in [-0.2, 0) is 14.9 Å². The number of esters is 1. The molecule has 0 aliphatic heterocycles. The number of nitrogen functional groups attached to an aromatic ring is 1. The quantitative estimate of drug-likeness (QED) is 0.683. The molecule has 0 aromatic heterocycles. The first kappa shape index (κ1) is 15.0. The highest BCUT2D eigenvalue weighted by Gasteiger charge is 2.58. The van der Waals surface area contributed by atoms with Crippen LogP contribution in [0.1, 0.15) is 31.7 Å². The molecule has 0 spiro atoms. The Bertz CT molecular complexity index is 526. The van der Waals surface area contributed by atoms with Gasteiger partial charge in [0.05, 0.1) is 23.7 Å². The van der Waals surface area contributed by atoms with Crippen molar-refractivity contribution < 1.29 is 18.3 Å². The zero-order chi connectivity index (χ0) is 15.0. The Morgan fingerprint density at radius 1 is 1.45 bits per heavy atom. The number of anilines is 1. The lowest BCUT2D eigenvalue weighted by Crippen LogP contribution is -2.50. The molecule has 0 heterocycles. The van der Waals surface area contributed by atoms with Crippen LogP contribution in [0, 0.1) is 0 Å². The SMILES string of the molecule is CCOC(=O)CC1(c2ccc(Cl)c(N)c2)CC(F)(F)C1. The van der Waals surface area contributed by atoms with Gasteiger partial charge in [0.2, 0.25) is 5.92 Å². The number of alkyl halides is 2. The molecule has 0 atom stereocenters. The van der Waals surface area contributed by atoms with Crippen LogP contribution in [0.15, 0.2) is 18.2 Å². The maximum absolute atomic E-state index is 13.3. The predicted molar refractivity (Wildman–Crippen MR) is 73.0 cm³/mol. The molecule has 0 radical (unpaired) electrons. The van der Waals surface area contributed by atoms with Gasteiger partial charge in [0, 0.05) is 18.3 Å². The van der Waals surface area contributed by atoms with Crippen molar-refractivity contribution in [1.29, 1.82) is 0 Å². The maximum Gasteiger partial charge on any atom is 0.306 e. The zero-order valence-electron chi connectivity index (χ0n) is 11.1. The van der Waals surface area contributed by atoms with E-state index in [0.717, 1.165) is 0 Å². The third kappa shape index (κ3) is 2.87. The Balaban J connectivity index is 2.28. The van der Waals surface area contributed by atoms with E-state index in [1.807, 2.05) is 0 Å². The first-order chi connectivity index (χ1) is 9.28. The third-order valence-electron chi connectivity index (χ3n) is 3.59. The first-order valence-corrected chi connectivity index (χ1v) is 6.75. The zero-order valence-corrected chi connectivity index (χ0v) is 11.8. The van der Waals surface area contributed by atoms with Crippen LogP contribution in [0.4, 0.5) is 14.5 Å². The van der Waals surface area contributed by atoms with Crippen molar-refractivity contribution >= 4 is 23.3 Å². The van der Waals surface area contributed by atoms with E-state index in [1.54, 1.807) is 25.1 Å². The second kappa shape index (κ2) is 5.20. The van der Waals surface area contributed by atoms with Gasteiger partial charge in [-0.25, -0.2) is 8.78 Å². The number of benzene rings is 1. The second-order valence-electron chi connectivity index (χ2n) is 5.21. The first-order valence-electron chi connectivity index (χ1n) is 6.37. The summed E-state index contributed by atoms with van der Waals surface area (Å²) in [4.78, 5) is 11.7. The molecule has 1 aliphatic rings. The molecular weight excluding hydrogens is 288 g/mol. The monoisotopic (exact) mass is 303 g/mol. The van der Waals surface area contributed by atoms with Crippen LogP contribution in [-0.4, -0.2) is 18.5 Å². The summed E-state index contributed by atoms with van der Waals surface area (Å²) in [5.74, 6) is -3.22. The largest absolute Gasteiger partial charge is 0.466 e. The van der Waals surface area contributed by atoms with E-state index in [0.29, 0.717) is 16.3 Å². The van der Waals surface area contributed by atoms with Crippen LogP contribution in [0.5, 0.6) is 0 Å². The molecule has 110 valence electrons. The van der Waals surface area contributed by atoms with E-state index in [9.17, 15) is 13.6 Å². The van der Waals surface area contributed by atoms with Crippen LogP contribution in [0.3, 0.4) is 0 Å². The van der Waals surface area contributed by atoms with Crippen LogP contribution in [0.2, 0.25) is 5.02 Å². The van der Waals surface area contributed by atoms with E-state index in [-0.39, 0.29) is 25.9 Å². The lowest BCUT2D eigenvalue weighted by Gasteiger charge is -2.47. The highest BCUT2D eigenvalue weighted by Crippen LogP contribution is 2.55. The number of carbonyl (C=O) groups is 1. The summed E-state index contributed by atoms with van der Waals surface area (Å²) >= 11 is 5.84. The van der Waals surface area contributed by atoms with Crippen molar-refractivity contribution in [3.05, 3.63) is 28.8 Å². The molecular formula is C14H16ClF2NO2. The number of hydrogen-bond acceptors (Lipinski definition) is 3. The van der Waals surface area contributed by atoms with Gasteiger partial charge in [0.25, 0.3) is 0 Å².